The summed E-state index contributed by atoms with van der Waals surface area (Å²) in [7, 11) is 0. The fourth-order valence-electron chi connectivity index (χ4n) is 2.79. The Labute approximate surface area is 162 Å². The van der Waals surface area contributed by atoms with Gasteiger partial charge in [-0.2, -0.15) is 0 Å². The molecule has 1 amide bonds. The van der Waals surface area contributed by atoms with E-state index >= 15 is 0 Å². The zero-order valence-electron chi connectivity index (χ0n) is 15.2. The first-order valence-corrected chi connectivity index (χ1v) is 8.84. The molecule has 3 rings (SSSR count). The van der Waals surface area contributed by atoms with Gasteiger partial charge in [0.1, 0.15) is 5.56 Å². The molecule has 0 radical (unpaired) electrons. The zero-order valence-corrected chi connectivity index (χ0v) is 15.2. The number of hydrogen-bond donors (Lipinski definition) is 1. The van der Waals surface area contributed by atoms with Crippen molar-refractivity contribution in [3.8, 4) is 0 Å². The van der Waals surface area contributed by atoms with Gasteiger partial charge in [-0.3, -0.25) is 14.9 Å². The number of amides is 1. The molecule has 6 nitrogen and oxygen atoms in total. The number of ether oxygens (including phenoxy) is 1. The number of nitro groups is 1. The number of nitro benzene ring substituents is 1. The summed E-state index contributed by atoms with van der Waals surface area (Å²) in [6.45, 7) is 1.26. The average Bonchev–Trinajstić information content (AvgIpc) is 2.73. The van der Waals surface area contributed by atoms with E-state index < -0.39 is 10.8 Å². The van der Waals surface area contributed by atoms with Crippen LogP contribution in [0.3, 0.4) is 0 Å². The SMILES string of the molecule is O=C(NCc1cccc(COCc2ccccc2)c1)c1ccccc1[N+](=O)[O-]. The second-order valence-corrected chi connectivity index (χ2v) is 6.26. The van der Waals surface area contributed by atoms with Crippen LogP contribution in [-0.2, 0) is 24.5 Å². The van der Waals surface area contributed by atoms with Crippen molar-refractivity contribution >= 4 is 11.6 Å². The molecule has 3 aromatic rings. The molecule has 0 fully saturated rings. The summed E-state index contributed by atoms with van der Waals surface area (Å²) in [4.78, 5) is 22.8. The van der Waals surface area contributed by atoms with Gasteiger partial charge < -0.3 is 10.1 Å². The molecule has 1 N–H and O–H groups in total. The quantitative estimate of drug-likeness (QED) is 0.471. The van der Waals surface area contributed by atoms with Crippen LogP contribution in [0, 0.1) is 10.1 Å². The predicted octanol–water partition coefficient (Wildman–Crippen LogP) is 4.24. The molecule has 0 unspecified atom stereocenters. The second kappa shape index (κ2) is 9.43. The first kappa shape index (κ1) is 19.3. The third kappa shape index (κ3) is 5.25. The minimum atomic E-state index is -0.556. The van der Waals surface area contributed by atoms with Gasteiger partial charge in [0.15, 0.2) is 0 Å². The lowest BCUT2D eigenvalue weighted by Crippen LogP contribution is -2.23. The molecule has 3 aromatic carbocycles. The Balaban J connectivity index is 1.56. The number of hydrogen-bond acceptors (Lipinski definition) is 4. The highest BCUT2D eigenvalue weighted by atomic mass is 16.6. The number of benzene rings is 3. The normalized spacial score (nSPS) is 10.4. The van der Waals surface area contributed by atoms with Crippen LogP contribution in [0.4, 0.5) is 5.69 Å². The molecule has 0 atom stereocenters. The van der Waals surface area contributed by atoms with Crippen molar-refractivity contribution in [2.75, 3.05) is 0 Å². The van der Waals surface area contributed by atoms with Crippen LogP contribution in [0.15, 0.2) is 78.9 Å². The van der Waals surface area contributed by atoms with Gasteiger partial charge >= 0.3 is 0 Å². The molecular weight excluding hydrogens is 356 g/mol. The van der Waals surface area contributed by atoms with Gasteiger partial charge in [0.25, 0.3) is 11.6 Å². The zero-order chi connectivity index (χ0) is 19.8. The Hall–Kier alpha value is -3.51. The summed E-state index contributed by atoms with van der Waals surface area (Å²) in [6, 6.07) is 23.5. The van der Waals surface area contributed by atoms with E-state index in [-0.39, 0.29) is 17.8 Å². The topological polar surface area (TPSA) is 81.5 Å². The average molecular weight is 376 g/mol. The first-order chi connectivity index (χ1) is 13.6. The summed E-state index contributed by atoms with van der Waals surface area (Å²) >= 11 is 0. The minimum absolute atomic E-state index is 0.0508. The van der Waals surface area contributed by atoms with E-state index in [1.54, 1.807) is 6.07 Å². The van der Waals surface area contributed by atoms with Crippen LogP contribution >= 0.6 is 0 Å². The summed E-state index contributed by atoms with van der Waals surface area (Å²) in [6.07, 6.45) is 0. The molecular formula is C22H20N2O4. The van der Waals surface area contributed by atoms with Crippen LogP contribution in [0.25, 0.3) is 0 Å². The van der Waals surface area contributed by atoms with Crippen LogP contribution < -0.4 is 5.32 Å². The summed E-state index contributed by atoms with van der Waals surface area (Å²) < 4.78 is 5.74. The van der Waals surface area contributed by atoms with E-state index in [4.69, 9.17) is 4.74 Å². The number of carbonyl (C=O) groups excluding carboxylic acids is 1. The Morgan fingerprint density at radius 1 is 0.857 bits per heavy atom. The molecule has 0 heterocycles. The molecule has 142 valence electrons. The molecule has 6 heteroatoms. The van der Waals surface area contributed by atoms with Gasteiger partial charge in [0, 0.05) is 12.6 Å². The monoisotopic (exact) mass is 376 g/mol. The fourth-order valence-corrected chi connectivity index (χ4v) is 2.79. The molecule has 0 aliphatic carbocycles. The van der Waals surface area contributed by atoms with Crippen molar-refractivity contribution in [2.45, 2.75) is 19.8 Å². The van der Waals surface area contributed by atoms with E-state index in [0.717, 1.165) is 16.7 Å². The molecule has 0 aromatic heterocycles. The van der Waals surface area contributed by atoms with Crippen molar-refractivity contribution in [3.63, 3.8) is 0 Å². The van der Waals surface area contributed by atoms with Crippen LogP contribution in [-0.4, -0.2) is 10.8 Å². The van der Waals surface area contributed by atoms with Crippen molar-refractivity contribution in [1.82, 2.24) is 5.32 Å². The molecule has 0 aliphatic heterocycles. The Morgan fingerprint density at radius 3 is 2.29 bits per heavy atom. The number of carbonyl (C=O) groups is 1. The maximum Gasteiger partial charge on any atom is 0.282 e. The first-order valence-electron chi connectivity index (χ1n) is 8.84. The van der Waals surface area contributed by atoms with Crippen molar-refractivity contribution in [1.29, 1.82) is 0 Å². The van der Waals surface area contributed by atoms with Gasteiger partial charge in [-0.05, 0) is 22.8 Å². The predicted molar refractivity (Wildman–Crippen MR) is 106 cm³/mol. The van der Waals surface area contributed by atoms with E-state index in [9.17, 15) is 14.9 Å². The maximum atomic E-state index is 12.3. The molecule has 0 saturated heterocycles. The number of nitrogens with one attached hydrogen (secondary N) is 1. The van der Waals surface area contributed by atoms with Gasteiger partial charge in [-0.1, -0.05) is 66.7 Å². The van der Waals surface area contributed by atoms with E-state index in [0.29, 0.717) is 13.2 Å². The summed E-state index contributed by atoms with van der Waals surface area (Å²) in [5.74, 6) is -0.474. The lowest BCUT2D eigenvalue weighted by Gasteiger charge is -2.09. The van der Waals surface area contributed by atoms with Crippen LogP contribution in [0.5, 0.6) is 0 Å². The molecule has 0 saturated carbocycles. The molecule has 28 heavy (non-hydrogen) atoms. The van der Waals surface area contributed by atoms with Gasteiger partial charge in [-0.15, -0.1) is 0 Å². The number of para-hydroxylation sites is 1. The van der Waals surface area contributed by atoms with Crippen molar-refractivity contribution in [2.24, 2.45) is 0 Å². The van der Waals surface area contributed by atoms with Gasteiger partial charge in [0.2, 0.25) is 0 Å². The molecule has 0 aliphatic rings. The second-order valence-electron chi connectivity index (χ2n) is 6.26. The highest BCUT2D eigenvalue weighted by Crippen LogP contribution is 2.17. The minimum Gasteiger partial charge on any atom is -0.372 e. The molecule has 0 spiro atoms. The fraction of sp³-hybridized carbons (Fsp3) is 0.136. The highest BCUT2D eigenvalue weighted by Gasteiger charge is 2.18. The van der Waals surface area contributed by atoms with E-state index in [1.807, 2.05) is 54.6 Å². The third-order valence-electron chi connectivity index (χ3n) is 4.17. The highest BCUT2D eigenvalue weighted by molar-refractivity contribution is 5.98. The van der Waals surface area contributed by atoms with Crippen molar-refractivity contribution < 1.29 is 14.5 Å². The Bertz CT molecular complexity index is 958. The third-order valence-corrected chi connectivity index (χ3v) is 4.17. The Kier molecular flexibility index (Phi) is 6.49. The summed E-state index contributed by atoms with van der Waals surface area (Å²) in [5.41, 5.74) is 2.84. The Morgan fingerprint density at radius 2 is 1.50 bits per heavy atom. The standard InChI is InChI=1S/C22H20N2O4/c25-22(20-11-4-5-12-21(20)24(26)27)23-14-18-9-6-10-19(13-18)16-28-15-17-7-2-1-3-8-17/h1-13H,14-16H2,(H,23,25). The van der Waals surface area contributed by atoms with Crippen LogP contribution in [0.2, 0.25) is 0 Å². The molecule has 0 bridgehead atoms. The summed E-state index contributed by atoms with van der Waals surface area (Å²) in [5, 5.41) is 13.8. The van der Waals surface area contributed by atoms with Gasteiger partial charge in [0.05, 0.1) is 18.1 Å². The smallest absolute Gasteiger partial charge is 0.282 e. The largest absolute Gasteiger partial charge is 0.372 e. The maximum absolute atomic E-state index is 12.3. The van der Waals surface area contributed by atoms with Crippen molar-refractivity contribution in [3.05, 3.63) is 111 Å². The van der Waals surface area contributed by atoms with Gasteiger partial charge in [-0.25, -0.2) is 0 Å². The number of rotatable bonds is 8. The lowest BCUT2D eigenvalue weighted by atomic mass is 10.1. The number of nitrogens with zero attached hydrogens (tertiary/aromatic N) is 1. The lowest BCUT2D eigenvalue weighted by molar-refractivity contribution is -0.385. The van der Waals surface area contributed by atoms with E-state index in [1.165, 1.54) is 18.2 Å². The van der Waals surface area contributed by atoms with Crippen LogP contribution in [0.1, 0.15) is 27.0 Å². The van der Waals surface area contributed by atoms with E-state index in [2.05, 4.69) is 5.32 Å².